The summed E-state index contributed by atoms with van der Waals surface area (Å²) in [5, 5.41) is 3.21. The standard InChI is InChI=1S/C21H31N3O2/c1-21(20(26)23-15-10-17(11-16-23)9-13-22-2)12-6-14-24(21)19(25)18-7-4-3-5-8-18/h3-5,7-8,17,22H,6,9-16H2,1-2H3. The first-order valence-corrected chi connectivity index (χ1v) is 9.87. The average Bonchev–Trinajstić information content (AvgIpc) is 3.09. The molecule has 26 heavy (non-hydrogen) atoms. The molecular formula is C21H31N3O2. The lowest BCUT2D eigenvalue weighted by atomic mass is 9.90. The molecule has 2 fully saturated rings. The summed E-state index contributed by atoms with van der Waals surface area (Å²) < 4.78 is 0. The van der Waals surface area contributed by atoms with E-state index in [0.717, 1.165) is 45.3 Å². The SMILES string of the molecule is CNCCC1CCN(C(=O)C2(C)CCCN2C(=O)c2ccccc2)CC1. The van der Waals surface area contributed by atoms with Gasteiger partial charge in [0.05, 0.1) is 0 Å². The predicted molar refractivity (Wildman–Crippen MR) is 103 cm³/mol. The zero-order valence-electron chi connectivity index (χ0n) is 16.0. The molecule has 0 aliphatic carbocycles. The number of amides is 2. The van der Waals surface area contributed by atoms with Crippen LogP contribution in [0.25, 0.3) is 0 Å². The van der Waals surface area contributed by atoms with Crippen molar-refractivity contribution in [1.29, 1.82) is 0 Å². The largest absolute Gasteiger partial charge is 0.341 e. The monoisotopic (exact) mass is 357 g/mol. The van der Waals surface area contributed by atoms with Crippen LogP contribution >= 0.6 is 0 Å². The number of rotatable bonds is 5. The van der Waals surface area contributed by atoms with Crippen LogP contribution in [-0.4, -0.2) is 60.4 Å². The van der Waals surface area contributed by atoms with E-state index in [-0.39, 0.29) is 11.8 Å². The number of nitrogens with zero attached hydrogens (tertiary/aromatic N) is 2. The van der Waals surface area contributed by atoms with Crippen LogP contribution in [-0.2, 0) is 4.79 Å². The molecule has 3 rings (SSSR count). The van der Waals surface area contributed by atoms with E-state index in [2.05, 4.69) is 5.32 Å². The third-order valence-electron chi connectivity index (χ3n) is 6.07. The highest BCUT2D eigenvalue weighted by Gasteiger charge is 2.48. The summed E-state index contributed by atoms with van der Waals surface area (Å²) >= 11 is 0. The van der Waals surface area contributed by atoms with Crippen LogP contribution in [0, 0.1) is 5.92 Å². The Balaban J connectivity index is 1.67. The maximum atomic E-state index is 13.3. The third-order valence-corrected chi connectivity index (χ3v) is 6.07. The van der Waals surface area contributed by atoms with Crippen LogP contribution in [0.3, 0.4) is 0 Å². The van der Waals surface area contributed by atoms with E-state index in [0.29, 0.717) is 18.0 Å². The molecule has 1 aromatic rings. The Bertz CT molecular complexity index is 625. The van der Waals surface area contributed by atoms with Gasteiger partial charge in [0.15, 0.2) is 0 Å². The van der Waals surface area contributed by atoms with Gasteiger partial charge in [-0.2, -0.15) is 0 Å². The number of hydrogen-bond acceptors (Lipinski definition) is 3. The van der Waals surface area contributed by atoms with Crippen molar-refractivity contribution in [2.45, 2.75) is 44.6 Å². The van der Waals surface area contributed by atoms with Crippen molar-refractivity contribution in [2.75, 3.05) is 33.2 Å². The zero-order valence-corrected chi connectivity index (χ0v) is 16.0. The van der Waals surface area contributed by atoms with Crippen LogP contribution in [0.4, 0.5) is 0 Å². The summed E-state index contributed by atoms with van der Waals surface area (Å²) in [6, 6.07) is 9.32. The minimum Gasteiger partial charge on any atom is -0.341 e. The molecule has 0 aromatic heterocycles. The normalized spacial score (nSPS) is 24.1. The first-order chi connectivity index (χ1) is 12.6. The second kappa shape index (κ2) is 8.21. The van der Waals surface area contributed by atoms with Gasteiger partial charge in [0.2, 0.25) is 5.91 Å². The van der Waals surface area contributed by atoms with E-state index in [1.807, 2.05) is 49.2 Å². The summed E-state index contributed by atoms with van der Waals surface area (Å²) in [6.07, 6.45) is 4.95. The third kappa shape index (κ3) is 3.78. The zero-order chi connectivity index (χ0) is 18.6. The topological polar surface area (TPSA) is 52.7 Å². The van der Waals surface area contributed by atoms with Crippen molar-refractivity contribution in [3.8, 4) is 0 Å². The molecule has 5 heteroatoms. The quantitative estimate of drug-likeness (QED) is 0.881. The molecule has 0 radical (unpaired) electrons. The minimum atomic E-state index is -0.704. The van der Waals surface area contributed by atoms with Gasteiger partial charge in [-0.1, -0.05) is 18.2 Å². The van der Waals surface area contributed by atoms with Gasteiger partial charge >= 0.3 is 0 Å². The van der Waals surface area contributed by atoms with E-state index >= 15 is 0 Å². The van der Waals surface area contributed by atoms with Crippen LogP contribution in [0.2, 0.25) is 0 Å². The molecule has 1 N–H and O–H groups in total. The number of likely N-dealkylation sites (tertiary alicyclic amines) is 2. The van der Waals surface area contributed by atoms with Gasteiger partial charge in [-0.25, -0.2) is 0 Å². The maximum absolute atomic E-state index is 13.3. The van der Waals surface area contributed by atoms with Gasteiger partial charge in [-0.05, 0) is 70.7 Å². The van der Waals surface area contributed by atoms with E-state index in [1.165, 1.54) is 6.42 Å². The molecule has 142 valence electrons. The molecular weight excluding hydrogens is 326 g/mol. The second-order valence-corrected chi connectivity index (χ2v) is 7.83. The fourth-order valence-corrected chi connectivity index (χ4v) is 4.36. The number of hydrogen-bond donors (Lipinski definition) is 1. The summed E-state index contributed by atoms with van der Waals surface area (Å²) in [6.45, 7) is 5.28. The van der Waals surface area contributed by atoms with Crippen LogP contribution in [0.5, 0.6) is 0 Å². The van der Waals surface area contributed by atoms with Crippen LogP contribution in [0.1, 0.15) is 49.4 Å². The number of piperidine rings is 1. The van der Waals surface area contributed by atoms with Gasteiger partial charge in [0, 0.05) is 25.2 Å². The van der Waals surface area contributed by atoms with Crippen molar-refractivity contribution < 1.29 is 9.59 Å². The molecule has 5 nitrogen and oxygen atoms in total. The molecule has 0 saturated carbocycles. The highest BCUT2D eigenvalue weighted by atomic mass is 16.2. The molecule has 2 aliphatic heterocycles. The molecule has 1 aromatic carbocycles. The lowest BCUT2D eigenvalue weighted by Gasteiger charge is -2.41. The minimum absolute atomic E-state index is 0.0251. The number of carbonyl (C=O) groups excluding carboxylic acids is 2. The summed E-state index contributed by atoms with van der Waals surface area (Å²) in [4.78, 5) is 30.1. The van der Waals surface area contributed by atoms with Crippen molar-refractivity contribution in [2.24, 2.45) is 5.92 Å². The molecule has 2 aliphatic rings. The molecule has 0 spiro atoms. The number of nitrogens with one attached hydrogen (secondary N) is 1. The lowest BCUT2D eigenvalue weighted by molar-refractivity contribution is -0.142. The Morgan fingerprint density at radius 3 is 2.50 bits per heavy atom. The Labute approximate surface area is 156 Å². The molecule has 2 amide bonds. The lowest BCUT2D eigenvalue weighted by Crippen LogP contribution is -2.57. The average molecular weight is 357 g/mol. The fraction of sp³-hybridized carbons (Fsp3) is 0.619. The molecule has 0 bridgehead atoms. The second-order valence-electron chi connectivity index (χ2n) is 7.83. The fourth-order valence-electron chi connectivity index (χ4n) is 4.36. The van der Waals surface area contributed by atoms with Gasteiger partial charge in [-0.15, -0.1) is 0 Å². The Kier molecular flexibility index (Phi) is 5.97. The first-order valence-electron chi connectivity index (χ1n) is 9.87. The van der Waals surface area contributed by atoms with Crippen LogP contribution < -0.4 is 5.32 Å². The Hall–Kier alpha value is -1.88. The van der Waals surface area contributed by atoms with E-state index < -0.39 is 5.54 Å². The number of benzene rings is 1. The van der Waals surface area contributed by atoms with E-state index in [9.17, 15) is 9.59 Å². The smallest absolute Gasteiger partial charge is 0.254 e. The molecule has 2 saturated heterocycles. The summed E-state index contributed by atoms with van der Waals surface area (Å²) in [7, 11) is 1.98. The highest BCUT2D eigenvalue weighted by molar-refractivity contribution is 5.99. The van der Waals surface area contributed by atoms with Crippen molar-refractivity contribution in [3.63, 3.8) is 0 Å². The Morgan fingerprint density at radius 2 is 1.85 bits per heavy atom. The van der Waals surface area contributed by atoms with E-state index in [4.69, 9.17) is 0 Å². The summed E-state index contributed by atoms with van der Waals surface area (Å²) in [5.74, 6) is 0.805. The summed E-state index contributed by atoms with van der Waals surface area (Å²) in [5.41, 5.74) is -0.0377. The maximum Gasteiger partial charge on any atom is 0.254 e. The van der Waals surface area contributed by atoms with Crippen molar-refractivity contribution in [1.82, 2.24) is 15.1 Å². The van der Waals surface area contributed by atoms with Gasteiger partial charge in [-0.3, -0.25) is 9.59 Å². The molecule has 2 heterocycles. The van der Waals surface area contributed by atoms with Gasteiger partial charge in [0.25, 0.3) is 5.91 Å². The van der Waals surface area contributed by atoms with Gasteiger partial charge in [0.1, 0.15) is 5.54 Å². The predicted octanol–water partition coefficient (Wildman–Crippen LogP) is 2.53. The highest BCUT2D eigenvalue weighted by Crippen LogP contribution is 2.34. The molecule has 1 unspecified atom stereocenters. The van der Waals surface area contributed by atoms with Gasteiger partial charge < -0.3 is 15.1 Å². The number of carbonyl (C=O) groups is 2. The molecule has 1 atom stereocenters. The van der Waals surface area contributed by atoms with E-state index in [1.54, 1.807) is 4.90 Å². The first kappa shape index (κ1) is 18.9. The van der Waals surface area contributed by atoms with Crippen molar-refractivity contribution in [3.05, 3.63) is 35.9 Å². The van der Waals surface area contributed by atoms with Crippen LogP contribution in [0.15, 0.2) is 30.3 Å². The Morgan fingerprint density at radius 1 is 1.15 bits per heavy atom. The van der Waals surface area contributed by atoms with Crippen molar-refractivity contribution >= 4 is 11.8 Å².